The lowest BCUT2D eigenvalue weighted by Crippen LogP contribution is -2.33. The maximum absolute atomic E-state index is 13.3. The standard InChI is InChI=1S/C19H18FN3O2S/c1-2-23-18(25)16(12-17(24)21-14-8-4-3-5-9-14)26-19(23)22-15-10-6-7-13(20)11-15/h3-11,16H,2,12H2,1H3,(H,21,24)/t16-/m0/s1. The Morgan fingerprint density at radius 3 is 2.69 bits per heavy atom. The SMILES string of the molecule is CCN1C(=O)[C@H](CC(=O)Nc2ccccc2)SC1=Nc1cccc(F)c1. The van der Waals surface area contributed by atoms with Crippen LogP contribution in [0.15, 0.2) is 59.6 Å². The van der Waals surface area contributed by atoms with Crippen LogP contribution < -0.4 is 5.32 Å². The third kappa shape index (κ3) is 4.29. The van der Waals surface area contributed by atoms with Crippen LogP contribution in [0.25, 0.3) is 0 Å². The molecule has 1 aliphatic heterocycles. The number of nitrogens with one attached hydrogen (secondary N) is 1. The predicted molar refractivity (Wildman–Crippen MR) is 102 cm³/mol. The van der Waals surface area contributed by atoms with Gasteiger partial charge in [0.25, 0.3) is 0 Å². The van der Waals surface area contributed by atoms with Crippen molar-refractivity contribution >= 4 is 40.1 Å². The van der Waals surface area contributed by atoms with Gasteiger partial charge >= 0.3 is 0 Å². The van der Waals surface area contributed by atoms with Gasteiger partial charge in [0, 0.05) is 18.7 Å². The molecule has 1 aliphatic rings. The third-order valence-electron chi connectivity index (χ3n) is 3.80. The lowest BCUT2D eigenvalue weighted by molar-refractivity contribution is -0.128. The van der Waals surface area contributed by atoms with Gasteiger partial charge in [-0.25, -0.2) is 9.38 Å². The van der Waals surface area contributed by atoms with Gasteiger partial charge in [0.05, 0.1) is 5.69 Å². The molecule has 2 aromatic rings. The van der Waals surface area contributed by atoms with Crippen molar-refractivity contribution in [1.82, 2.24) is 4.90 Å². The van der Waals surface area contributed by atoms with E-state index in [4.69, 9.17) is 0 Å². The van der Waals surface area contributed by atoms with E-state index in [0.29, 0.717) is 23.1 Å². The fourth-order valence-electron chi connectivity index (χ4n) is 2.57. The molecule has 0 bridgehead atoms. The fourth-order valence-corrected chi connectivity index (χ4v) is 3.80. The van der Waals surface area contributed by atoms with Crippen LogP contribution >= 0.6 is 11.8 Å². The number of rotatable bonds is 5. The van der Waals surface area contributed by atoms with Gasteiger partial charge in [-0.1, -0.05) is 36.0 Å². The number of nitrogens with zero attached hydrogens (tertiary/aromatic N) is 2. The van der Waals surface area contributed by atoms with Crippen LogP contribution in [0.5, 0.6) is 0 Å². The highest BCUT2D eigenvalue weighted by Gasteiger charge is 2.38. The average Bonchev–Trinajstić information content (AvgIpc) is 2.90. The van der Waals surface area contributed by atoms with Gasteiger partial charge in [0.15, 0.2) is 5.17 Å². The highest BCUT2D eigenvalue weighted by molar-refractivity contribution is 8.15. The lowest BCUT2D eigenvalue weighted by atomic mass is 10.2. The Hall–Kier alpha value is -2.67. The second kappa shape index (κ2) is 8.14. The number of hydrogen-bond acceptors (Lipinski definition) is 4. The summed E-state index contributed by atoms with van der Waals surface area (Å²) in [6, 6.07) is 15.0. The number of carbonyl (C=O) groups is 2. The van der Waals surface area contributed by atoms with Gasteiger partial charge in [-0.15, -0.1) is 0 Å². The van der Waals surface area contributed by atoms with Crippen molar-refractivity contribution in [2.75, 3.05) is 11.9 Å². The molecule has 3 rings (SSSR count). The molecule has 0 unspecified atom stereocenters. The van der Waals surface area contributed by atoms with Crippen molar-refractivity contribution in [2.24, 2.45) is 4.99 Å². The summed E-state index contributed by atoms with van der Waals surface area (Å²) in [7, 11) is 0. The molecule has 7 heteroatoms. The Balaban J connectivity index is 1.71. The number of aliphatic imine (C=N–C) groups is 1. The van der Waals surface area contributed by atoms with Crippen molar-refractivity contribution in [3.63, 3.8) is 0 Å². The van der Waals surface area contributed by atoms with E-state index >= 15 is 0 Å². The molecule has 26 heavy (non-hydrogen) atoms. The van der Waals surface area contributed by atoms with Crippen molar-refractivity contribution in [3.8, 4) is 0 Å². The van der Waals surface area contributed by atoms with E-state index in [9.17, 15) is 14.0 Å². The largest absolute Gasteiger partial charge is 0.326 e. The predicted octanol–water partition coefficient (Wildman–Crippen LogP) is 3.81. The number of amidine groups is 1. The zero-order valence-corrected chi connectivity index (χ0v) is 15.0. The molecule has 0 aliphatic carbocycles. The summed E-state index contributed by atoms with van der Waals surface area (Å²) in [5.41, 5.74) is 1.13. The van der Waals surface area contributed by atoms with Crippen molar-refractivity contribution in [1.29, 1.82) is 0 Å². The molecule has 1 saturated heterocycles. The third-order valence-corrected chi connectivity index (χ3v) is 4.97. The highest BCUT2D eigenvalue weighted by Crippen LogP contribution is 2.31. The summed E-state index contributed by atoms with van der Waals surface area (Å²) < 4.78 is 13.3. The molecule has 1 fully saturated rings. The van der Waals surface area contributed by atoms with Crippen LogP contribution in [0.3, 0.4) is 0 Å². The van der Waals surface area contributed by atoms with Gasteiger partial charge in [-0.2, -0.15) is 0 Å². The lowest BCUT2D eigenvalue weighted by Gasteiger charge is -2.13. The van der Waals surface area contributed by atoms with Crippen molar-refractivity contribution in [3.05, 3.63) is 60.4 Å². The van der Waals surface area contributed by atoms with E-state index in [-0.39, 0.29) is 24.1 Å². The maximum Gasteiger partial charge on any atom is 0.242 e. The van der Waals surface area contributed by atoms with Crippen molar-refractivity contribution < 1.29 is 14.0 Å². The molecule has 1 heterocycles. The van der Waals surface area contributed by atoms with Crippen LogP contribution in [0, 0.1) is 5.82 Å². The summed E-state index contributed by atoms with van der Waals surface area (Å²) in [5, 5.41) is 2.73. The van der Waals surface area contributed by atoms with Gasteiger partial charge in [-0.05, 0) is 37.3 Å². The van der Waals surface area contributed by atoms with Crippen LogP contribution in [-0.2, 0) is 9.59 Å². The highest BCUT2D eigenvalue weighted by atomic mass is 32.2. The van der Waals surface area contributed by atoms with E-state index in [2.05, 4.69) is 10.3 Å². The molecule has 0 radical (unpaired) electrons. The first-order valence-electron chi connectivity index (χ1n) is 8.24. The van der Waals surface area contributed by atoms with Crippen LogP contribution in [0.2, 0.25) is 0 Å². The Morgan fingerprint density at radius 2 is 2.00 bits per heavy atom. The number of para-hydroxylation sites is 1. The summed E-state index contributed by atoms with van der Waals surface area (Å²) in [4.78, 5) is 30.7. The first kappa shape index (κ1) is 18.1. The molecule has 0 saturated carbocycles. The van der Waals surface area contributed by atoms with E-state index in [0.717, 1.165) is 0 Å². The van der Waals surface area contributed by atoms with Crippen LogP contribution in [0.4, 0.5) is 15.8 Å². The first-order chi connectivity index (χ1) is 12.6. The number of anilines is 1. The molecule has 0 aromatic heterocycles. The average molecular weight is 371 g/mol. The number of hydrogen-bond donors (Lipinski definition) is 1. The molecule has 5 nitrogen and oxygen atoms in total. The number of benzene rings is 2. The molecule has 134 valence electrons. The number of halogens is 1. The summed E-state index contributed by atoms with van der Waals surface area (Å²) in [6.45, 7) is 2.28. The minimum Gasteiger partial charge on any atom is -0.326 e. The van der Waals surface area contributed by atoms with Gasteiger partial charge in [0.1, 0.15) is 11.1 Å². The van der Waals surface area contributed by atoms with E-state index in [1.165, 1.54) is 28.8 Å². The van der Waals surface area contributed by atoms with E-state index < -0.39 is 5.25 Å². The smallest absolute Gasteiger partial charge is 0.242 e. The summed E-state index contributed by atoms with van der Waals surface area (Å²) >= 11 is 1.23. The molecule has 0 spiro atoms. The van der Waals surface area contributed by atoms with E-state index in [1.807, 2.05) is 25.1 Å². The molecule has 1 N–H and O–H groups in total. The normalized spacial score (nSPS) is 18.4. The topological polar surface area (TPSA) is 61.8 Å². The maximum atomic E-state index is 13.3. The fraction of sp³-hybridized carbons (Fsp3) is 0.211. The summed E-state index contributed by atoms with van der Waals surface area (Å²) in [5.74, 6) is -0.774. The molecule has 2 aromatic carbocycles. The Labute approximate surface area is 155 Å². The number of amides is 2. The van der Waals surface area contributed by atoms with Crippen molar-refractivity contribution in [2.45, 2.75) is 18.6 Å². The molecule has 2 amide bonds. The molecular formula is C19H18FN3O2S. The van der Waals surface area contributed by atoms with Gasteiger partial charge < -0.3 is 5.32 Å². The quantitative estimate of drug-likeness (QED) is 0.869. The number of thioether (sulfide) groups is 1. The second-order valence-electron chi connectivity index (χ2n) is 5.68. The molecule has 1 atom stereocenters. The first-order valence-corrected chi connectivity index (χ1v) is 9.12. The summed E-state index contributed by atoms with van der Waals surface area (Å²) in [6.07, 6.45) is 0.0526. The second-order valence-corrected chi connectivity index (χ2v) is 6.85. The monoisotopic (exact) mass is 371 g/mol. The minimum absolute atomic E-state index is 0.0526. The van der Waals surface area contributed by atoms with Gasteiger partial charge in [0.2, 0.25) is 11.8 Å². The van der Waals surface area contributed by atoms with Gasteiger partial charge in [-0.3, -0.25) is 14.5 Å². The Bertz CT molecular complexity index is 842. The molecular weight excluding hydrogens is 353 g/mol. The van der Waals surface area contributed by atoms with Crippen LogP contribution in [0.1, 0.15) is 13.3 Å². The Morgan fingerprint density at radius 1 is 1.23 bits per heavy atom. The zero-order chi connectivity index (χ0) is 18.5. The number of carbonyl (C=O) groups excluding carboxylic acids is 2. The van der Waals surface area contributed by atoms with Crippen LogP contribution in [-0.4, -0.2) is 33.7 Å². The Kier molecular flexibility index (Phi) is 5.68. The minimum atomic E-state index is -0.536. The zero-order valence-electron chi connectivity index (χ0n) is 14.2. The van der Waals surface area contributed by atoms with E-state index in [1.54, 1.807) is 24.3 Å².